The quantitative estimate of drug-likeness (QED) is 0.770. The van der Waals surface area contributed by atoms with Gasteiger partial charge in [-0.3, -0.25) is 0 Å². The molecule has 0 saturated heterocycles. The predicted molar refractivity (Wildman–Crippen MR) is 85.9 cm³/mol. The summed E-state index contributed by atoms with van der Waals surface area (Å²) in [4.78, 5) is 1.84. The van der Waals surface area contributed by atoms with E-state index in [0.29, 0.717) is 5.70 Å². The summed E-state index contributed by atoms with van der Waals surface area (Å²) in [6, 6.07) is 3.28. The highest BCUT2D eigenvalue weighted by atomic mass is 19.4. The van der Waals surface area contributed by atoms with Crippen molar-refractivity contribution in [2.45, 2.75) is 26.6 Å². The van der Waals surface area contributed by atoms with Gasteiger partial charge in [0.2, 0.25) is 0 Å². The van der Waals surface area contributed by atoms with Crippen molar-refractivity contribution >= 4 is 0 Å². The summed E-state index contributed by atoms with van der Waals surface area (Å²) >= 11 is 0. The van der Waals surface area contributed by atoms with Crippen LogP contribution in [0.15, 0.2) is 66.3 Å². The van der Waals surface area contributed by atoms with E-state index in [1.807, 2.05) is 31.0 Å². The fourth-order valence-corrected chi connectivity index (χ4v) is 2.39. The van der Waals surface area contributed by atoms with Crippen molar-refractivity contribution in [1.82, 2.24) is 10.2 Å². The molecule has 0 unspecified atom stereocenters. The van der Waals surface area contributed by atoms with E-state index in [2.05, 4.69) is 11.9 Å². The maximum absolute atomic E-state index is 14.0. The zero-order chi connectivity index (χ0) is 17.9. The molecule has 1 aliphatic rings. The number of hydrogen-bond donors (Lipinski definition) is 1. The molecule has 1 aliphatic heterocycles. The van der Waals surface area contributed by atoms with E-state index < -0.39 is 17.6 Å². The first-order chi connectivity index (χ1) is 11.3. The van der Waals surface area contributed by atoms with Gasteiger partial charge in [0, 0.05) is 29.7 Å². The van der Waals surface area contributed by atoms with Gasteiger partial charge in [-0.2, -0.15) is 13.2 Å². The van der Waals surface area contributed by atoms with Crippen LogP contribution in [0.2, 0.25) is 0 Å². The molecule has 0 bridgehead atoms. The van der Waals surface area contributed by atoms with E-state index in [9.17, 15) is 17.6 Å². The minimum atomic E-state index is -4.71. The largest absolute Gasteiger partial charge is 0.419 e. The molecule has 0 radical (unpaired) electrons. The molecule has 2 rings (SSSR count). The average Bonchev–Trinajstić information content (AvgIpc) is 2.51. The molecule has 0 aliphatic carbocycles. The van der Waals surface area contributed by atoms with Crippen LogP contribution in [0, 0.1) is 5.82 Å². The first-order valence-corrected chi connectivity index (χ1v) is 7.34. The van der Waals surface area contributed by atoms with Gasteiger partial charge in [-0.1, -0.05) is 24.8 Å². The normalized spacial score (nSPS) is 15.6. The molecule has 1 N–H and O–H groups in total. The van der Waals surface area contributed by atoms with Crippen LogP contribution in [0.25, 0.3) is 0 Å². The van der Waals surface area contributed by atoms with Crippen LogP contribution in [0.1, 0.15) is 25.0 Å². The lowest BCUT2D eigenvalue weighted by Gasteiger charge is -2.28. The molecule has 0 saturated carbocycles. The highest BCUT2D eigenvalue weighted by Crippen LogP contribution is 2.32. The molecular formula is C18H18F4N2. The Kier molecular flexibility index (Phi) is 5.17. The molecule has 128 valence electrons. The zero-order valence-electron chi connectivity index (χ0n) is 13.4. The Hall–Kier alpha value is -2.50. The summed E-state index contributed by atoms with van der Waals surface area (Å²) in [7, 11) is 0. The van der Waals surface area contributed by atoms with Crippen molar-refractivity contribution in [3.8, 4) is 0 Å². The van der Waals surface area contributed by atoms with Gasteiger partial charge in [0.15, 0.2) is 0 Å². The minimum absolute atomic E-state index is 0.0412. The van der Waals surface area contributed by atoms with Gasteiger partial charge in [0.25, 0.3) is 0 Å². The van der Waals surface area contributed by atoms with Crippen molar-refractivity contribution in [3.63, 3.8) is 0 Å². The number of nitrogens with one attached hydrogen (secondary N) is 1. The summed E-state index contributed by atoms with van der Waals surface area (Å²) < 4.78 is 52.3. The second kappa shape index (κ2) is 6.95. The first kappa shape index (κ1) is 17.8. The van der Waals surface area contributed by atoms with Crippen LogP contribution in [0.4, 0.5) is 17.6 Å². The molecule has 0 amide bonds. The lowest BCUT2D eigenvalue weighted by Crippen LogP contribution is -2.24. The highest BCUT2D eigenvalue weighted by Gasteiger charge is 2.34. The van der Waals surface area contributed by atoms with Crippen LogP contribution in [0.5, 0.6) is 0 Å². The van der Waals surface area contributed by atoms with Gasteiger partial charge in [-0.05, 0) is 32.1 Å². The highest BCUT2D eigenvalue weighted by molar-refractivity contribution is 5.38. The summed E-state index contributed by atoms with van der Waals surface area (Å²) in [5.74, 6) is -1.25. The van der Waals surface area contributed by atoms with Crippen molar-refractivity contribution in [1.29, 1.82) is 0 Å². The van der Waals surface area contributed by atoms with Crippen molar-refractivity contribution in [3.05, 3.63) is 83.2 Å². The first-order valence-electron chi connectivity index (χ1n) is 7.34. The van der Waals surface area contributed by atoms with Gasteiger partial charge in [-0.15, -0.1) is 0 Å². The van der Waals surface area contributed by atoms with Crippen molar-refractivity contribution in [2.24, 2.45) is 0 Å². The third kappa shape index (κ3) is 3.69. The van der Waals surface area contributed by atoms with Gasteiger partial charge in [-0.25, -0.2) is 4.39 Å². The smallest absolute Gasteiger partial charge is 0.379 e. The fraction of sp³-hybridized carbons (Fsp3) is 0.222. The van der Waals surface area contributed by atoms with Crippen LogP contribution in [0.3, 0.4) is 0 Å². The van der Waals surface area contributed by atoms with E-state index in [0.717, 1.165) is 17.5 Å². The number of alkyl halides is 3. The molecule has 0 spiro atoms. The Morgan fingerprint density at radius 1 is 1.25 bits per heavy atom. The summed E-state index contributed by atoms with van der Waals surface area (Å²) in [6.07, 6.45) is 2.51. The number of halogens is 4. The van der Waals surface area contributed by atoms with E-state index in [1.165, 1.54) is 12.1 Å². The standard InChI is InChI=1S/C18H18F4N2/c1-4-10-24-12(2)8-9-16(13(24)3)23-11-14-6-5-7-15(17(14)19)18(20,21)22/h4-10,23H,2,11H2,1,3H3/b10-4-. The summed E-state index contributed by atoms with van der Waals surface area (Å²) in [5.41, 5.74) is 0.989. The second-order valence-corrected chi connectivity index (χ2v) is 5.31. The van der Waals surface area contributed by atoms with Crippen molar-refractivity contribution in [2.75, 3.05) is 0 Å². The maximum atomic E-state index is 14.0. The number of benzene rings is 1. The third-order valence-electron chi connectivity index (χ3n) is 3.65. The number of rotatable bonds is 4. The van der Waals surface area contributed by atoms with Gasteiger partial charge < -0.3 is 10.2 Å². The van der Waals surface area contributed by atoms with Crippen LogP contribution in [-0.2, 0) is 12.7 Å². The molecule has 24 heavy (non-hydrogen) atoms. The van der Waals surface area contributed by atoms with Gasteiger partial charge >= 0.3 is 6.18 Å². The Bertz CT molecular complexity index is 727. The number of nitrogens with zero attached hydrogens (tertiary/aromatic N) is 1. The summed E-state index contributed by atoms with van der Waals surface area (Å²) in [6.45, 7) is 7.57. The molecule has 6 heteroatoms. The van der Waals surface area contributed by atoms with Crippen LogP contribution in [-0.4, -0.2) is 4.90 Å². The third-order valence-corrected chi connectivity index (χ3v) is 3.65. The lowest BCUT2D eigenvalue weighted by atomic mass is 10.1. The monoisotopic (exact) mass is 338 g/mol. The van der Waals surface area contributed by atoms with Gasteiger partial charge in [0.1, 0.15) is 5.82 Å². The zero-order valence-corrected chi connectivity index (χ0v) is 13.4. The van der Waals surface area contributed by atoms with Crippen molar-refractivity contribution < 1.29 is 17.6 Å². The maximum Gasteiger partial charge on any atom is 0.419 e. The molecule has 1 aromatic rings. The van der Waals surface area contributed by atoms with E-state index in [-0.39, 0.29) is 12.1 Å². The predicted octanol–water partition coefficient (Wildman–Crippen LogP) is 5.08. The molecule has 2 nitrogen and oxygen atoms in total. The Labute approximate surface area is 138 Å². The topological polar surface area (TPSA) is 15.3 Å². The fourth-order valence-electron chi connectivity index (χ4n) is 2.39. The molecule has 1 heterocycles. The van der Waals surface area contributed by atoms with Crippen LogP contribution < -0.4 is 5.32 Å². The minimum Gasteiger partial charge on any atom is -0.379 e. The van der Waals surface area contributed by atoms with E-state index >= 15 is 0 Å². The Morgan fingerprint density at radius 2 is 1.96 bits per heavy atom. The Morgan fingerprint density at radius 3 is 2.58 bits per heavy atom. The second-order valence-electron chi connectivity index (χ2n) is 5.31. The molecule has 0 aromatic heterocycles. The van der Waals surface area contributed by atoms with Crippen LogP contribution >= 0.6 is 0 Å². The lowest BCUT2D eigenvalue weighted by molar-refractivity contribution is -0.140. The number of hydrogen-bond acceptors (Lipinski definition) is 2. The van der Waals surface area contributed by atoms with E-state index in [4.69, 9.17) is 0 Å². The molecule has 1 aromatic carbocycles. The SMILES string of the molecule is C=C1C=CC(NCc2cccc(C(F)(F)F)c2F)=C(C)N1/C=C\C. The van der Waals surface area contributed by atoms with E-state index in [1.54, 1.807) is 12.2 Å². The number of allylic oxidation sites excluding steroid dienone is 4. The average molecular weight is 338 g/mol. The molecular weight excluding hydrogens is 320 g/mol. The Balaban J connectivity index is 2.23. The summed E-state index contributed by atoms with van der Waals surface area (Å²) in [5, 5.41) is 2.98. The van der Waals surface area contributed by atoms with Gasteiger partial charge in [0.05, 0.1) is 11.3 Å². The molecule has 0 fully saturated rings. The molecule has 0 atom stereocenters.